The fourth-order valence-corrected chi connectivity index (χ4v) is 3.45. The van der Waals surface area contributed by atoms with Crippen LogP contribution in [-0.2, 0) is 10.0 Å². The monoisotopic (exact) mass is 313 g/mol. The Morgan fingerprint density at radius 2 is 2.10 bits per heavy atom. The molecule has 0 unspecified atom stereocenters. The van der Waals surface area contributed by atoms with Crippen LogP contribution < -0.4 is 10.7 Å². The van der Waals surface area contributed by atoms with Crippen LogP contribution in [0.2, 0.25) is 0 Å². The van der Waals surface area contributed by atoms with E-state index in [2.05, 4.69) is 10.3 Å². The zero-order valence-corrected chi connectivity index (χ0v) is 12.6. The fraction of sp³-hybridized carbons (Fsp3) is 0.538. The predicted octanol–water partition coefficient (Wildman–Crippen LogP) is -0.0812. The number of carbonyl (C=O) groups is 1. The molecule has 1 saturated heterocycles. The summed E-state index contributed by atoms with van der Waals surface area (Å²) < 4.78 is 24.9. The number of pyridine rings is 1. The van der Waals surface area contributed by atoms with E-state index in [4.69, 9.17) is 0 Å². The van der Waals surface area contributed by atoms with Gasteiger partial charge in [0, 0.05) is 37.6 Å². The summed E-state index contributed by atoms with van der Waals surface area (Å²) in [7, 11) is -3.17. The normalized spacial score (nSPS) is 17.6. The molecular weight excluding hydrogens is 294 g/mol. The Hall–Kier alpha value is -1.67. The standard InChI is InChI=1S/C13H19N3O4S/c1-2-21(19,20)16-7-4-10(5-8-16)15-13(18)11-9-14-6-3-12(11)17/h3,6,9-10H,2,4-5,7-8H2,1H3,(H,14,17)(H,15,18). The molecule has 21 heavy (non-hydrogen) atoms. The van der Waals surface area contributed by atoms with Crippen LogP contribution in [0.1, 0.15) is 30.1 Å². The average molecular weight is 313 g/mol. The SMILES string of the molecule is CCS(=O)(=O)N1CCC(NC(=O)c2c[nH]ccc2=O)CC1. The summed E-state index contributed by atoms with van der Waals surface area (Å²) in [6.45, 7) is 2.41. The number of hydrogen-bond acceptors (Lipinski definition) is 4. The molecular formula is C13H19N3O4S. The predicted molar refractivity (Wildman–Crippen MR) is 78.6 cm³/mol. The second kappa shape index (κ2) is 6.40. The van der Waals surface area contributed by atoms with Gasteiger partial charge < -0.3 is 10.3 Å². The van der Waals surface area contributed by atoms with E-state index in [9.17, 15) is 18.0 Å². The molecule has 2 N–H and O–H groups in total. The molecule has 0 spiro atoms. The van der Waals surface area contributed by atoms with Crippen molar-refractivity contribution in [3.63, 3.8) is 0 Å². The van der Waals surface area contributed by atoms with Gasteiger partial charge in [0.1, 0.15) is 5.56 Å². The van der Waals surface area contributed by atoms with Crippen molar-refractivity contribution in [3.8, 4) is 0 Å². The van der Waals surface area contributed by atoms with Crippen LogP contribution in [0.4, 0.5) is 0 Å². The van der Waals surface area contributed by atoms with E-state index in [1.165, 1.54) is 22.8 Å². The molecule has 2 rings (SSSR count). The molecule has 0 saturated carbocycles. The number of rotatable bonds is 4. The number of piperidine rings is 1. The number of sulfonamides is 1. The molecule has 0 bridgehead atoms. The number of amides is 1. The zero-order chi connectivity index (χ0) is 15.5. The van der Waals surface area contributed by atoms with Crippen molar-refractivity contribution in [2.75, 3.05) is 18.8 Å². The average Bonchev–Trinajstić information content (AvgIpc) is 2.48. The van der Waals surface area contributed by atoms with Crippen LogP contribution in [0.3, 0.4) is 0 Å². The van der Waals surface area contributed by atoms with Crippen LogP contribution in [0.15, 0.2) is 23.3 Å². The van der Waals surface area contributed by atoms with Gasteiger partial charge in [-0.1, -0.05) is 0 Å². The third-order valence-corrected chi connectivity index (χ3v) is 5.50. The van der Waals surface area contributed by atoms with Gasteiger partial charge in [-0.3, -0.25) is 9.59 Å². The van der Waals surface area contributed by atoms with Gasteiger partial charge in [0.15, 0.2) is 5.43 Å². The zero-order valence-electron chi connectivity index (χ0n) is 11.8. The smallest absolute Gasteiger partial charge is 0.256 e. The maximum absolute atomic E-state index is 12.0. The molecule has 1 amide bonds. The number of H-pyrrole nitrogens is 1. The summed E-state index contributed by atoms with van der Waals surface area (Å²) in [6.07, 6.45) is 3.94. The van der Waals surface area contributed by atoms with Gasteiger partial charge in [-0.15, -0.1) is 0 Å². The highest BCUT2D eigenvalue weighted by molar-refractivity contribution is 7.89. The third-order valence-electron chi connectivity index (χ3n) is 3.62. The van der Waals surface area contributed by atoms with Crippen molar-refractivity contribution in [2.24, 2.45) is 0 Å². The first kappa shape index (κ1) is 15.7. The fourth-order valence-electron chi connectivity index (χ4n) is 2.32. The van der Waals surface area contributed by atoms with Crippen LogP contribution in [-0.4, -0.2) is 48.5 Å². The summed E-state index contributed by atoms with van der Waals surface area (Å²) in [5, 5.41) is 2.79. The molecule has 7 nitrogen and oxygen atoms in total. The van der Waals surface area contributed by atoms with Gasteiger partial charge in [-0.2, -0.15) is 0 Å². The number of nitrogens with zero attached hydrogens (tertiary/aromatic N) is 1. The van der Waals surface area contributed by atoms with E-state index >= 15 is 0 Å². The van der Waals surface area contributed by atoms with Crippen LogP contribution in [0.25, 0.3) is 0 Å². The van der Waals surface area contributed by atoms with E-state index in [0.717, 1.165) is 0 Å². The number of carbonyl (C=O) groups excluding carboxylic acids is 1. The van der Waals surface area contributed by atoms with E-state index in [-0.39, 0.29) is 22.8 Å². The lowest BCUT2D eigenvalue weighted by atomic mass is 10.1. The molecule has 116 valence electrons. The van der Waals surface area contributed by atoms with E-state index in [1.807, 2.05) is 0 Å². The summed E-state index contributed by atoms with van der Waals surface area (Å²) in [6, 6.07) is 1.19. The summed E-state index contributed by atoms with van der Waals surface area (Å²) in [4.78, 5) is 26.3. The Labute approximate surface area is 123 Å². The molecule has 1 aromatic heterocycles. The van der Waals surface area contributed by atoms with Gasteiger partial charge >= 0.3 is 0 Å². The molecule has 8 heteroatoms. The topological polar surface area (TPSA) is 99.3 Å². The molecule has 1 aliphatic rings. The number of hydrogen-bond donors (Lipinski definition) is 2. The number of aromatic amines is 1. The van der Waals surface area contributed by atoms with Gasteiger partial charge in [0.2, 0.25) is 10.0 Å². The van der Waals surface area contributed by atoms with E-state index in [0.29, 0.717) is 25.9 Å². The second-order valence-electron chi connectivity index (χ2n) is 4.97. The minimum absolute atomic E-state index is 0.0705. The lowest BCUT2D eigenvalue weighted by Gasteiger charge is -2.31. The van der Waals surface area contributed by atoms with Crippen molar-refractivity contribution in [2.45, 2.75) is 25.8 Å². The molecule has 0 aromatic carbocycles. The van der Waals surface area contributed by atoms with Crippen LogP contribution in [0.5, 0.6) is 0 Å². The van der Waals surface area contributed by atoms with Gasteiger partial charge in [-0.25, -0.2) is 12.7 Å². The van der Waals surface area contributed by atoms with Crippen molar-refractivity contribution >= 4 is 15.9 Å². The first-order chi connectivity index (χ1) is 9.94. The van der Waals surface area contributed by atoms with Gasteiger partial charge in [0.25, 0.3) is 5.91 Å². The Morgan fingerprint density at radius 1 is 1.43 bits per heavy atom. The lowest BCUT2D eigenvalue weighted by molar-refractivity contribution is 0.0922. The summed E-state index contributed by atoms with van der Waals surface area (Å²) >= 11 is 0. The van der Waals surface area contributed by atoms with E-state index in [1.54, 1.807) is 6.92 Å². The molecule has 0 radical (unpaired) electrons. The summed E-state index contributed by atoms with van der Waals surface area (Å²) in [5.74, 6) is -0.336. The highest BCUT2D eigenvalue weighted by Gasteiger charge is 2.27. The first-order valence-corrected chi connectivity index (χ1v) is 8.50. The molecule has 1 aliphatic heterocycles. The Bertz CT molecular complexity index is 660. The number of nitrogens with one attached hydrogen (secondary N) is 2. The quantitative estimate of drug-likeness (QED) is 0.812. The summed E-state index contributed by atoms with van der Waals surface area (Å²) in [5.41, 5.74) is -0.265. The minimum Gasteiger partial charge on any atom is -0.367 e. The third kappa shape index (κ3) is 3.70. The van der Waals surface area contributed by atoms with Crippen LogP contribution in [0, 0.1) is 0 Å². The van der Waals surface area contributed by atoms with E-state index < -0.39 is 15.9 Å². The van der Waals surface area contributed by atoms with Crippen LogP contribution >= 0.6 is 0 Å². The maximum atomic E-state index is 12.0. The number of aromatic nitrogens is 1. The lowest BCUT2D eigenvalue weighted by Crippen LogP contribution is -2.47. The molecule has 0 atom stereocenters. The Kier molecular flexibility index (Phi) is 4.79. The minimum atomic E-state index is -3.17. The Morgan fingerprint density at radius 3 is 2.67 bits per heavy atom. The van der Waals surface area contributed by atoms with Crippen molar-refractivity contribution in [3.05, 3.63) is 34.2 Å². The van der Waals surface area contributed by atoms with Crippen molar-refractivity contribution < 1.29 is 13.2 Å². The molecule has 2 heterocycles. The first-order valence-electron chi connectivity index (χ1n) is 6.90. The second-order valence-corrected chi connectivity index (χ2v) is 7.23. The van der Waals surface area contributed by atoms with Gasteiger partial charge in [0.05, 0.1) is 5.75 Å². The Balaban J connectivity index is 1.94. The highest BCUT2D eigenvalue weighted by Crippen LogP contribution is 2.14. The molecule has 1 fully saturated rings. The van der Waals surface area contributed by atoms with Gasteiger partial charge in [-0.05, 0) is 19.8 Å². The van der Waals surface area contributed by atoms with Crippen molar-refractivity contribution in [1.29, 1.82) is 0 Å². The van der Waals surface area contributed by atoms with Crippen molar-refractivity contribution in [1.82, 2.24) is 14.6 Å². The largest absolute Gasteiger partial charge is 0.367 e. The maximum Gasteiger partial charge on any atom is 0.256 e. The molecule has 1 aromatic rings. The highest BCUT2D eigenvalue weighted by atomic mass is 32.2. The molecule has 0 aliphatic carbocycles.